The number of carbonyl (C=O) groups is 1. The first-order chi connectivity index (χ1) is 14.0. The van der Waals surface area contributed by atoms with Gasteiger partial charge in [-0.25, -0.2) is 0 Å². The summed E-state index contributed by atoms with van der Waals surface area (Å²) in [6, 6.07) is 12.7. The van der Waals surface area contributed by atoms with Crippen LogP contribution in [0.2, 0.25) is 0 Å². The quantitative estimate of drug-likeness (QED) is 0.741. The van der Waals surface area contributed by atoms with Crippen molar-refractivity contribution in [1.29, 1.82) is 0 Å². The van der Waals surface area contributed by atoms with E-state index in [1.807, 2.05) is 6.07 Å². The molecule has 1 amide bonds. The highest BCUT2D eigenvalue weighted by Crippen LogP contribution is 2.38. The van der Waals surface area contributed by atoms with Gasteiger partial charge in [0.2, 0.25) is 5.91 Å². The van der Waals surface area contributed by atoms with E-state index in [9.17, 15) is 4.79 Å². The molecule has 0 radical (unpaired) electrons. The van der Waals surface area contributed by atoms with Gasteiger partial charge in [0.1, 0.15) is 6.61 Å². The molecule has 0 fully saturated rings. The lowest BCUT2D eigenvalue weighted by molar-refractivity contribution is -0.125. The fourth-order valence-corrected chi connectivity index (χ4v) is 3.83. The van der Waals surface area contributed by atoms with Crippen LogP contribution in [0.1, 0.15) is 28.3 Å². The Bertz CT molecular complexity index is 836. The van der Waals surface area contributed by atoms with Crippen molar-refractivity contribution in [3.63, 3.8) is 0 Å². The lowest BCUT2D eigenvalue weighted by Gasteiger charge is -2.38. The highest BCUT2D eigenvalue weighted by atomic mass is 16.5. The largest absolute Gasteiger partial charge is 0.493 e. The maximum absolute atomic E-state index is 12.0. The lowest BCUT2D eigenvalue weighted by atomic mass is 9.91. The zero-order valence-electron chi connectivity index (χ0n) is 17.7. The van der Waals surface area contributed by atoms with Crippen LogP contribution in [0.15, 0.2) is 36.4 Å². The molecule has 0 saturated carbocycles. The number of hydrogen-bond acceptors (Lipinski definition) is 5. The molecule has 0 spiro atoms. The Morgan fingerprint density at radius 1 is 1.10 bits per heavy atom. The van der Waals surface area contributed by atoms with Gasteiger partial charge in [0.15, 0.2) is 11.5 Å². The molecule has 29 heavy (non-hydrogen) atoms. The Labute approximate surface area is 172 Å². The maximum Gasteiger partial charge on any atom is 0.246 e. The lowest BCUT2D eigenvalue weighted by Crippen LogP contribution is -2.42. The van der Waals surface area contributed by atoms with E-state index in [0.717, 1.165) is 25.3 Å². The predicted octanol–water partition coefficient (Wildman–Crippen LogP) is 2.87. The minimum atomic E-state index is -0.115. The molecular formula is C23H30N2O4. The molecule has 6 heteroatoms. The molecule has 2 aromatic rings. The normalized spacial score (nSPS) is 16.2. The summed E-state index contributed by atoms with van der Waals surface area (Å²) in [6.45, 7) is 4.38. The number of rotatable bonds is 8. The van der Waals surface area contributed by atoms with E-state index in [0.29, 0.717) is 12.3 Å². The van der Waals surface area contributed by atoms with Crippen LogP contribution >= 0.6 is 0 Å². The fourth-order valence-electron chi connectivity index (χ4n) is 3.83. The van der Waals surface area contributed by atoms with Crippen molar-refractivity contribution in [2.24, 2.45) is 0 Å². The van der Waals surface area contributed by atoms with E-state index in [4.69, 9.17) is 14.2 Å². The van der Waals surface area contributed by atoms with Gasteiger partial charge in [-0.1, -0.05) is 29.8 Å². The summed E-state index contributed by atoms with van der Waals surface area (Å²) in [5.74, 6) is 1.33. The Kier molecular flexibility index (Phi) is 7.12. The second-order valence-electron chi connectivity index (χ2n) is 7.36. The maximum atomic E-state index is 12.0. The number of aryl methyl sites for hydroxylation is 1. The van der Waals surface area contributed by atoms with Gasteiger partial charge < -0.3 is 19.5 Å². The van der Waals surface area contributed by atoms with Crippen LogP contribution in [0.3, 0.4) is 0 Å². The fraction of sp³-hybridized carbons (Fsp3) is 0.435. The van der Waals surface area contributed by atoms with Crippen LogP contribution in [0.5, 0.6) is 11.5 Å². The predicted molar refractivity (Wildman–Crippen MR) is 112 cm³/mol. The number of amides is 1. The molecule has 6 nitrogen and oxygen atoms in total. The van der Waals surface area contributed by atoms with Crippen molar-refractivity contribution in [2.75, 3.05) is 41.0 Å². The van der Waals surface area contributed by atoms with Crippen LogP contribution in [-0.2, 0) is 22.5 Å². The number of hydrogen-bond donors (Lipinski definition) is 1. The first-order valence-corrected chi connectivity index (χ1v) is 9.85. The molecule has 0 aliphatic carbocycles. The van der Waals surface area contributed by atoms with E-state index in [-0.39, 0.29) is 18.6 Å². The highest BCUT2D eigenvalue weighted by molar-refractivity contribution is 5.77. The Balaban J connectivity index is 1.89. The average Bonchev–Trinajstić information content (AvgIpc) is 2.73. The van der Waals surface area contributed by atoms with Crippen molar-refractivity contribution in [2.45, 2.75) is 25.9 Å². The molecule has 0 unspecified atom stereocenters. The first kappa shape index (κ1) is 21.1. The zero-order chi connectivity index (χ0) is 20.8. The van der Waals surface area contributed by atoms with E-state index in [1.165, 1.54) is 29.4 Å². The van der Waals surface area contributed by atoms with Gasteiger partial charge in [-0.2, -0.15) is 0 Å². The Hall–Kier alpha value is -2.57. The molecule has 0 bridgehead atoms. The number of methoxy groups -OCH3 is 3. The van der Waals surface area contributed by atoms with Crippen LogP contribution in [-0.4, -0.2) is 51.8 Å². The van der Waals surface area contributed by atoms with Crippen LogP contribution in [0.4, 0.5) is 0 Å². The topological polar surface area (TPSA) is 60.0 Å². The number of ether oxygens (including phenoxy) is 3. The van der Waals surface area contributed by atoms with Crippen molar-refractivity contribution in [3.05, 3.63) is 58.7 Å². The number of nitrogens with zero attached hydrogens (tertiary/aromatic N) is 1. The molecule has 0 aromatic heterocycles. The summed E-state index contributed by atoms with van der Waals surface area (Å²) >= 11 is 0. The minimum absolute atomic E-state index is 0.0423. The van der Waals surface area contributed by atoms with Gasteiger partial charge in [-0.15, -0.1) is 0 Å². The van der Waals surface area contributed by atoms with Crippen molar-refractivity contribution >= 4 is 5.91 Å². The Morgan fingerprint density at radius 3 is 2.45 bits per heavy atom. The molecule has 1 N–H and O–H groups in total. The molecule has 1 atom stereocenters. The monoisotopic (exact) mass is 398 g/mol. The van der Waals surface area contributed by atoms with E-state index >= 15 is 0 Å². The molecule has 2 aromatic carbocycles. The Morgan fingerprint density at radius 2 is 1.79 bits per heavy atom. The van der Waals surface area contributed by atoms with Crippen LogP contribution < -0.4 is 14.8 Å². The van der Waals surface area contributed by atoms with Crippen molar-refractivity contribution < 1.29 is 19.0 Å². The molecular weight excluding hydrogens is 368 g/mol. The summed E-state index contributed by atoms with van der Waals surface area (Å²) in [4.78, 5) is 14.4. The summed E-state index contributed by atoms with van der Waals surface area (Å²) in [5.41, 5.74) is 4.90. The van der Waals surface area contributed by atoms with E-state index in [1.54, 1.807) is 14.2 Å². The number of fused-ring (bicyclic) bond motifs is 1. The van der Waals surface area contributed by atoms with Crippen LogP contribution in [0.25, 0.3) is 0 Å². The average molecular weight is 399 g/mol. The molecule has 3 rings (SSSR count). The molecule has 1 aliphatic rings. The van der Waals surface area contributed by atoms with Gasteiger partial charge >= 0.3 is 0 Å². The van der Waals surface area contributed by atoms with Gasteiger partial charge in [0.05, 0.1) is 20.3 Å². The van der Waals surface area contributed by atoms with E-state index in [2.05, 4.69) is 47.5 Å². The molecule has 1 heterocycles. The second-order valence-corrected chi connectivity index (χ2v) is 7.36. The summed E-state index contributed by atoms with van der Waals surface area (Å²) in [5, 5.41) is 3.01. The van der Waals surface area contributed by atoms with Gasteiger partial charge in [-0.05, 0) is 42.2 Å². The summed E-state index contributed by atoms with van der Waals surface area (Å²) in [7, 11) is 4.82. The third-order valence-corrected chi connectivity index (χ3v) is 5.39. The standard InChI is InChI=1S/C23H30N2O4/c1-16-5-7-17(8-6-16)14-25-10-9-18-11-21(28-3)22(29-4)12-19(18)20(25)13-24-23(26)15-27-2/h5-8,11-12,20H,9-10,13-15H2,1-4H3,(H,24,26)/t20-/m0/s1. The zero-order valence-corrected chi connectivity index (χ0v) is 17.7. The number of nitrogens with one attached hydrogen (secondary N) is 1. The van der Waals surface area contributed by atoms with Gasteiger partial charge in [-0.3, -0.25) is 9.69 Å². The summed E-state index contributed by atoms with van der Waals surface area (Å²) in [6.07, 6.45) is 0.921. The third kappa shape index (κ3) is 5.08. The van der Waals surface area contributed by atoms with E-state index < -0.39 is 0 Å². The van der Waals surface area contributed by atoms with Gasteiger partial charge in [0.25, 0.3) is 0 Å². The SMILES string of the molecule is COCC(=O)NC[C@H]1c2cc(OC)c(OC)cc2CCN1Cc1ccc(C)cc1. The minimum Gasteiger partial charge on any atom is -0.493 e. The second kappa shape index (κ2) is 9.76. The third-order valence-electron chi connectivity index (χ3n) is 5.39. The molecule has 0 saturated heterocycles. The number of carbonyl (C=O) groups excluding carboxylic acids is 1. The van der Waals surface area contributed by atoms with Crippen molar-refractivity contribution in [1.82, 2.24) is 10.2 Å². The van der Waals surface area contributed by atoms with Crippen molar-refractivity contribution in [3.8, 4) is 11.5 Å². The van der Waals surface area contributed by atoms with Crippen LogP contribution in [0, 0.1) is 6.92 Å². The molecule has 1 aliphatic heterocycles. The number of benzene rings is 2. The molecule has 156 valence electrons. The smallest absolute Gasteiger partial charge is 0.246 e. The highest BCUT2D eigenvalue weighted by Gasteiger charge is 2.29. The van der Waals surface area contributed by atoms with Gasteiger partial charge in [0, 0.05) is 26.7 Å². The summed E-state index contributed by atoms with van der Waals surface area (Å²) < 4.78 is 16.0. The first-order valence-electron chi connectivity index (χ1n) is 9.85.